The summed E-state index contributed by atoms with van der Waals surface area (Å²) < 4.78 is 38.7. The first kappa shape index (κ1) is 22.8. The van der Waals surface area contributed by atoms with Gasteiger partial charge < -0.3 is 19.4 Å². The van der Waals surface area contributed by atoms with Gasteiger partial charge >= 0.3 is 5.97 Å². The maximum Gasteiger partial charge on any atom is 0.355 e. The zero-order valence-electron chi connectivity index (χ0n) is 17.8. The van der Waals surface area contributed by atoms with Gasteiger partial charge in [0.1, 0.15) is 16.3 Å². The lowest BCUT2D eigenvalue weighted by molar-refractivity contribution is -0.129. The largest absolute Gasteiger partial charge is 0.496 e. The number of aryl methyl sites for hydroxylation is 1. The minimum Gasteiger partial charge on any atom is -0.496 e. The van der Waals surface area contributed by atoms with Crippen LogP contribution in [0, 0.1) is 0 Å². The molecule has 10 heteroatoms. The van der Waals surface area contributed by atoms with Crippen molar-refractivity contribution in [1.29, 1.82) is 0 Å². The molecule has 1 fully saturated rings. The Bertz CT molecular complexity index is 1060. The number of nitrogens with zero attached hydrogens (tertiary/aromatic N) is 2. The summed E-state index contributed by atoms with van der Waals surface area (Å²) in [6, 6.07) is 8.55. The van der Waals surface area contributed by atoms with E-state index in [9.17, 15) is 18.0 Å². The lowest BCUT2D eigenvalue weighted by Gasteiger charge is -2.15. The van der Waals surface area contributed by atoms with Crippen LogP contribution in [0.15, 0.2) is 41.4 Å². The molecule has 0 bridgehead atoms. The molecule has 1 aromatic heterocycles. The summed E-state index contributed by atoms with van der Waals surface area (Å²) in [6.45, 7) is 2.62. The van der Waals surface area contributed by atoms with Gasteiger partial charge in [-0.2, -0.15) is 4.31 Å². The van der Waals surface area contributed by atoms with E-state index < -0.39 is 28.0 Å². The molecule has 2 aromatic rings. The smallest absolute Gasteiger partial charge is 0.355 e. The van der Waals surface area contributed by atoms with Crippen LogP contribution in [-0.2, 0) is 33.1 Å². The van der Waals surface area contributed by atoms with Crippen molar-refractivity contribution in [2.75, 3.05) is 20.2 Å². The SMILES string of the molecule is COc1ccccc1CNC(=O)C(C)OC(=O)c1cc(S(=O)(=O)N2CCCC2)cn1C. The molecule has 1 aliphatic rings. The van der Waals surface area contributed by atoms with Crippen LogP contribution in [0.25, 0.3) is 0 Å². The third-order valence-electron chi connectivity index (χ3n) is 5.19. The second-order valence-electron chi connectivity index (χ2n) is 7.36. The summed E-state index contributed by atoms with van der Waals surface area (Å²) in [4.78, 5) is 25.0. The van der Waals surface area contributed by atoms with E-state index in [0.29, 0.717) is 18.8 Å². The molecule has 1 saturated heterocycles. The fourth-order valence-corrected chi connectivity index (χ4v) is 4.99. The van der Waals surface area contributed by atoms with Crippen molar-refractivity contribution in [1.82, 2.24) is 14.2 Å². The van der Waals surface area contributed by atoms with Crippen molar-refractivity contribution in [3.8, 4) is 5.75 Å². The van der Waals surface area contributed by atoms with E-state index >= 15 is 0 Å². The number of hydrogen-bond donors (Lipinski definition) is 1. The van der Waals surface area contributed by atoms with E-state index in [1.165, 1.54) is 28.1 Å². The van der Waals surface area contributed by atoms with Crippen LogP contribution in [0.3, 0.4) is 0 Å². The third kappa shape index (κ3) is 5.08. The summed E-state index contributed by atoms with van der Waals surface area (Å²) >= 11 is 0. The molecule has 1 aliphatic heterocycles. The highest BCUT2D eigenvalue weighted by atomic mass is 32.2. The minimum atomic E-state index is -3.65. The number of rotatable bonds is 8. The van der Waals surface area contributed by atoms with Crippen LogP contribution in [0.2, 0.25) is 0 Å². The topological polar surface area (TPSA) is 107 Å². The van der Waals surface area contributed by atoms with Gasteiger partial charge in [-0.25, -0.2) is 13.2 Å². The molecule has 3 rings (SSSR count). The van der Waals surface area contributed by atoms with Gasteiger partial charge in [-0.1, -0.05) is 18.2 Å². The average molecular weight is 450 g/mol. The number of nitrogens with one attached hydrogen (secondary N) is 1. The van der Waals surface area contributed by atoms with Crippen LogP contribution in [0.4, 0.5) is 0 Å². The zero-order chi connectivity index (χ0) is 22.6. The number of carbonyl (C=O) groups excluding carboxylic acids is 2. The Labute approximate surface area is 182 Å². The molecule has 0 aliphatic carbocycles. The highest BCUT2D eigenvalue weighted by Crippen LogP contribution is 2.23. The number of sulfonamides is 1. The van der Waals surface area contributed by atoms with Gasteiger partial charge in [0.05, 0.1) is 7.11 Å². The van der Waals surface area contributed by atoms with E-state index in [-0.39, 0.29) is 17.1 Å². The van der Waals surface area contributed by atoms with Gasteiger partial charge in [-0.3, -0.25) is 4.79 Å². The maximum atomic E-state index is 12.7. The predicted molar refractivity (Wildman–Crippen MR) is 113 cm³/mol. The fraction of sp³-hybridized carbons (Fsp3) is 0.429. The highest BCUT2D eigenvalue weighted by molar-refractivity contribution is 7.89. The number of carbonyl (C=O) groups is 2. The Balaban J connectivity index is 1.63. The number of amides is 1. The first-order valence-corrected chi connectivity index (χ1v) is 11.4. The standard InChI is InChI=1S/C21H27N3O6S/c1-15(20(25)22-13-16-8-4-5-9-19(16)29-3)30-21(26)18-12-17(14-23(18)2)31(27,28)24-10-6-7-11-24/h4-5,8-9,12,14-15H,6-7,10-11,13H2,1-3H3,(H,22,25). The highest BCUT2D eigenvalue weighted by Gasteiger charge is 2.30. The van der Waals surface area contributed by atoms with Crippen LogP contribution in [0.1, 0.15) is 35.8 Å². The van der Waals surface area contributed by atoms with Crippen molar-refractivity contribution in [3.63, 3.8) is 0 Å². The predicted octanol–water partition coefficient (Wildman–Crippen LogP) is 1.68. The summed E-state index contributed by atoms with van der Waals surface area (Å²) in [6.07, 6.45) is 1.97. The summed E-state index contributed by atoms with van der Waals surface area (Å²) in [7, 11) is -0.545. The average Bonchev–Trinajstić information content (AvgIpc) is 3.42. The van der Waals surface area contributed by atoms with Gasteiger partial charge in [0.25, 0.3) is 5.91 Å². The molecule has 1 aromatic carbocycles. The van der Waals surface area contributed by atoms with Gasteiger partial charge in [-0.05, 0) is 31.9 Å². The zero-order valence-corrected chi connectivity index (χ0v) is 18.6. The molecule has 168 valence electrons. The molecule has 0 spiro atoms. The first-order chi connectivity index (χ1) is 14.7. The molecule has 9 nitrogen and oxygen atoms in total. The van der Waals surface area contributed by atoms with Crippen molar-refractivity contribution in [2.45, 2.75) is 37.3 Å². The molecular weight excluding hydrogens is 422 g/mol. The fourth-order valence-electron chi connectivity index (χ4n) is 3.41. The second kappa shape index (κ2) is 9.52. The van der Waals surface area contributed by atoms with E-state index in [1.807, 2.05) is 18.2 Å². The molecule has 1 unspecified atom stereocenters. The van der Waals surface area contributed by atoms with Crippen molar-refractivity contribution < 1.29 is 27.5 Å². The van der Waals surface area contributed by atoms with Crippen molar-refractivity contribution in [3.05, 3.63) is 47.8 Å². The van der Waals surface area contributed by atoms with E-state index in [0.717, 1.165) is 18.4 Å². The molecule has 31 heavy (non-hydrogen) atoms. The van der Waals surface area contributed by atoms with E-state index in [4.69, 9.17) is 9.47 Å². The molecule has 0 saturated carbocycles. The number of ether oxygens (including phenoxy) is 2. The summed E-state index contributed by atoms with van der Waals surface area (Å²) in [5.41, 5.74) is 0.846. The minimum absolute atomic E-state index is 0.0390. The van der Waals surface area contributed by atoms with E-state index in [2.05, 4.69) is 5.32 Å². The van der Waals surface area contributed by atoms with Crippen LogP contribution >= 0.6 is 0 Å². The lowest BCUT2D eigenvalue weighted by atomic mass is 10.2. The molecule has 0 radical (unpaired) electrons. The van der Waals surface area contributed by atoms with Crippen molar-refractivity contribution in [2.24, 2.45) is 7.05 Å². The molecule has 1 N–H and O–H groups in total. The monoisotopic (exact) mass is 449 g/mol. The Hall–Kier alpha value is -2.85. The Morgan fingerprint density at radius 3 is 2.55 bits per heavy atom. The Morgan fingerprint density at radius 2 is 1.87 bits per heavy atom. The van der Waals surface area contributed by atoms with Crippen molar-refractivity contribution >= 4 is 21.9 Å². The molecular formula is C21H27N3O6S. The maximum absolute atomic E-state index is 12.7. The number of benzene rings is 1. The first-order valence-electron chi connectivity index (χ1n) is 10.0. The number of hydrogen-bond acceptors (Lipinski definition) is 6. The lowest BCUT2D eigenvalue weighted by Crippen LogP contribution is -2.35. The second-order valence-corrected chi connectivity index (χ2v) is 9.30. The van der Waals surface area contributed by atoms with Gasteiger partial charge in [0.2, 0.25) is 10.0 Å². The molecule has 1 atom stereocenters. The quantitative estimate of drug-likeness (QED) is 0.615. The third-order valence-corrected chi connectivity index (χ3v) is 7.05. The van der Waals surface area contributed by atoms with Gasteiger partial charge in [-0.15, -0.1) is 0 Å². The van der Waals surface area contributed by atoms with Crippen LogP contribution in [0.5, 0.6) is 5.75 Å². The summed E-state index contributed by atoms with van der Waals surface area (Å²) in [5, 5.41) is 2.71. The normalized spacial score (nSPS) is 15.5. The number of esters is 1. The van der Waals surface area contributed by atoms with Crippen LogP contribution < -0.4 is 10.1 Å². The Kier molecular flexibility index (Phi) is 7.01. The number of methoxy groups -OCH3 is 1. The summed E-state index contributed by atoms with van der Waals surface area (Å²) in [5.74, 6) is -0.605. The number of aromatic nitrogens is 1. The molecule has 1 amide bonds. The Morgan fingerprint density at radius 1 is 1.19 bits per heavy atom. The van der Waals surface area contributed by atoms with Gasteiger partial charge in [0.15, 0.2) is 6.10 Å². The van der Waals surface area contributed by atoms with E-state index in [1.54, 1.807) is 20.2 Å². The van der Waals surface area contributed by atoms with Gasteiger partial charge in [0, 0.05) is 38.4 Å². The molecule has 2 heterocycles. The number of para-hydroxylation sites is 1. The van der Waals surface area contributed by atoms with Crippen LogP contribution in [-0.4, -0.2) is 55.5 Å².